The largest absolute Gasteiger partial charge is 0.339 e. The summed E-state index contributed by atoms with van der Waals surface area (Å²) in [6.45, 7) is 5.85. The second kappa shape index (κ2) is 8.68. The van der Waals surface area contributed by atoms with E-state index in [4.69, 9.17) is 4.52 Å². The van der Waals surface area contributed by atoms with E-state index in [0.29, 0.717) is 11.7 Å². The average molecular weight is 405 g/mol. The lowest BCUT2D eigenvalue weighted by atomic mass is 10.0. The van der Waals surface area contributed by atoms with Crippen molar-refractivity contribution in [3.8, 4) is 22.5 Å². The minimum Gasteiger partial charge on any atom is -0.339 e. The summed E-state index contributed by atoms with van der Waals surface area (Å²) in [7, 11) is 2.17. The number of benzene rings is 2. The van der Waals surface area contributed by atoms with Crippen LogP contribution in [0.4, 0.5) is 0 Å². The molecule has 4 rings (SSSR count). The number of aromatic nitrogens is 3. The molecular weight excluding hydrogens is 380 g/mol. The highest BCUT2D eigenvalue weighted by Crippen LogP contribution is 2.24. The first kappa shape index (κ1) is 19.5. The fourth-order valence-corrected chi connectivity index (χ4v) is 4.05. The van der Waals surface area contributed by atoms with Crippen LogP contribution < -0.4 is 0 Å². The maximum Gasteiger partial charge on any atom is 0.223 e. The highest BCUT2D eigenvalue weighted by atomic mass is 32.1. The zero-order valence-corrected chi connectivity index (χ0v) is 17.7. The molecule has 4 aromatic rings. The van der Waals surface area contributed by atoms with Crippen LogP contribution >= 0.6 is 11.3 Å². The molecule has 0 aliphatic carbocycles. The highest BCUT2D eigenvalue weighted by Gasteiger charge is 2.07. The van der Waals surface area contributed by atoms with Gasteiger partial charge in [-0.25, -0.2) is 4.98 Å². The number of hydrogen-bond acceptors (Lipinski definition) is 6. The van der Waals surface area contributed by atoms with Gasteiger partial charge in [-0.05, 0) is 37.1 Å². The molecule has 0 radical (unpaired) electrons. The van der Waals surface area contributed by atoms with Crippen LogP contribution in [-0.2, 0) is 13.0 Å². The molecule has 5 nitrogen and oxygen atoms in total. The van der Waals surface area contributed by atoms with Crippen molar-refractivity contribution in [2.24, 2.45) is 0 Å². The molecule has 0 unspecified atom stereocenters. The van der Waals surface area contributed by atoms with Crippen LogP contribution in [0, 0.1) is 13.8 Å². The number of rotatable bonds is 7. The number of hydrogen-bond donors (Lipinski definition) is 0. The third-order valence-electron chi connectivity index (χ3n) is 4.98. The van der Waals surface area contributed by atoms with Gasteiger partial charge in [-0.3, -0.25) is 0 Å². The Morgan fingerprint density at radius 1 is 0.931 bits per heavy atom. The van der Waals surface area contributed by atoms with E-state index >= 15 is 0 Å². The number of nitrogens with zero attached hydrogens (tertiary/aromatic N) is 4. The summed E-state index contributed by atoms with van der Waals surface area (Å²) in [5.74, 6) is 1.20. The van der Waals surface area contributed by atoms with Crippen LogP contribution in [0.1, 0.15) is 22.0 Å². The predicted molar refractivity (Wildman–Crippen MR) is 117 cm³/mol. The van der Waals surface area contributed by atoms with E-state index < -0.39 is 0 Å². The number of aryl methyl sites for hydroxylation is 2. The SMILES string of the molecule is Cc1nc(-c2ccc(-c3ccc(CN(C)CCc4scnc4C)cc3)cc2)no1. The smallest absolute Gasteiger partial charge is 0.223 e. The average Bonchev–Trinajstić information content (AvgIpc) is 3.35. The molecule has 0 fully saturated rings. The quantitative estimate of drug-likeness (QED) is 0.426. The van der Waals surface area contributed by atoms with Crippen molar-refractivity contribution in [1.29, 1.82) is 0 Å². The van der Waals surface area contributed by atoms with Crippen molar-refractivity contribution in [1.82, 2.24) is 20.0 Å². The van der Waals surface area contributed by atoms with Crippen molar-refractivity contribution in [2.75, 3.05) is 13.6 Å². The second-order valence-electron chi connectivity index (χ2n) is 7.26. The van der Waals surface area contributed by atoms with Gasteiger partial charge in [0, 0.05) is 30.5 Å². The van der Waals surface area contributed by atoms with Gasteiger partial charge in [0.25, 0.3) is 0 Å². The Hall–Kier alpha value is -2.83. The van der Waals surface area contributed by atoms with Crippen LogP contribution in [0.25, 0.3) is 22.5 Å². The summed E-state index contributed by atoms with van der Waals surface area (Å²) in [4.78, 5) is 12.3. The van der Waals surface area contributed by atoms with Gasteiger partial charge < -0.3 is 9.42 Å². The van der Waals surface area contributed by atoms with Crippen molar-refractivity contribution >= 4 is 11.3 Å². The van der Waals surface area contributed by atoms with Gasteiger partial charge in [-0.1, -0.05) is 53.7 Å². The third-order valence-corrected chi connectivity index (χ3v) is 5.97. The van der Waals surface area contributed by atoms with Gasteiger partial charge in [-0.2, -0.15) is 4.98 Å². The molecule has 0 saturated carbocycles. The summed E-state index contributed by atoms with van der Waals surface area (Å²) in [6.07, 6.45) is 1.05. The molecular formula is C23H24N4OS. The van der Waals surface area contributed by atoms with E-state index in [-0.39, 0.29) is 0 Å². The predicted octanol–water partition coefficient (Wildman–Crippen LogP) is 5.15. The Kier molecular flexibility index (Phi) is 5.83. The monoisotopic (exact) mass is 404 g/mol. The van der Waals surface area contributed by atoms with Crippen molar-refractivity contribution in [3.63, 3.8) is 0 Å². The van der Waals surface area contributed by atoms with Crippen LogP contribution in [-0.4, -0.2) is 33.6 Å². The summed E-state index contributed by atoms with van der Waals surface area (Å²) in [5, 5.41) is 3.97. The molecule has 0 aliphatic heterocycles. The van der Waals surface area contributed by atoms with Crippen LogP contribution in [0.5, 0.6) is 0 Å². The lowest BCUT2D eigenvalue weighted by Gasteiger charge is -2.16. The Labute approximate surface area is 175 Å². The molecule has 148 valence electrons. The topological polar surface area (TPSA) is 55.1 Å². The molecule has 0 atom stereocenters. The standard InChI is InChI=1S/C23H24N4OS/c1-16-22(29-15-24-16)12-13-27(3)14-18-4-6-19(7-5-18)20-8-10-21(11-9-20)23-25-17(2)28-26-23/h4-11,15H,12-14H2,1-3H3. The Bertz CT molecular complexity index is 1070. The minimum absolute atomic E-state index is 0.576. The molecule has 0 aliphatic rings. The first-order chi connectivity index (χ1) is 14.1. The zero-order chi connectivity index (χ0) is 20.2. The van der Waals surface area contributed by atoms with Gasteiger partial charge in [-0.15, -0.1) is 11.3 Å². The summed E-state index contributed by atoms with van der Waals surface area (Å²) >= 11 is 1.75. The Morgan fingerprint density at radius 2 is 1.59 bits per heavy atom. The Morgan fingerprint density at radius 3 is 2.17 bits per heavy atom. The molecule has 0 bridgehead atoms. The summed E-state index contributed by atoms with van der Waals surface area (Å²) < 4.78 is 5.06. The lowest BCUT2D eigenvalue weighted by Crippen LogP contribution is -2.20. The van der Waals surface area contributed by atoms with Crippen LogP contribution in [0.15, 0.2) is 58.6 Å². The fraction of sp³-hybridized carbons (Fsp3) is 0.261. The first-order valence-electron chi connectivity index (χ1n) is 9.66. The van der Waals surface area contributed by atoms with E-state index in [1.807, 2.05) is 17.6 Å². The van der Waals surface area contributed by atoms with Crippen LogP contribution in [0.2, 0.25) is 0 Å². The molecule has 29 heavy (non-hydrogen) atoms. The number of likely N-dealkylation sites (N-methyl/N-ethyl adjacent to an activating group) is 1. The molecule has 2 aromatic carbocycles. The maximum absolute atomic E-state index is 5.06. The molecule has 2 aromatic heterocycles. The molecule has 0 spiro atoms. The third kappa shape index (κ3) is 4.78. The van der Waals surface area contributed by atoms with E-state index in [1.165, 1.54) is 21.6 Å². The van der Waals surface area contributed by atoms with Crippen molar-refractivity contribution < 1.29 is 4.52 Å². The molecule has 6 heteroatoms. The van der Waals surface area contributed by atoms with Crippen molar-refractivity contribution in [3.05, 3.63) is 76.1 Å². The van der Waals surface area contributed by atoms with Gasteiger partial charge in [0.15, 0.2) is 0 Å². The molecule has 2 heterocycles. The van der Waals surface area contributed by atoms with Crippen LogP contribution in [0.3, 0.4) is 0 Å². The van der Waals surface area contributed by atoms with E-state index in [2.05, 4.69) is 70.4 Å². The normalized spacial score (nSPS) is 11.3. The van der Waals surface area contributed by atoms with E-state index in [1.54, 1.807) is 18.3 Å². The highest BCUT2D eigenvalue weighted by molar-refractivity contribution is 7.09. The first-order valence-corrected chi connectivity index (χ1v) is 10.5. The van der Waals surface area contributed by atoms with Gasteiger partial charge in [0.05, 0.1) is 11.2 Å². The van der Waals surface area contributed by atoms with Gasteiger partial charge in [0.2, 0.25) is 11.7 Å². The fourth-order valence-electron chi connectivity index (χ4n) is 3.28. The zero-order valence-electron chi connectivity index (χ0n) is 16.9. The molecule has 0 N–H and O–H groups in total. The number of thiazole rings is 1. The lowest BCUT2D eigenvalue weighted by molar-refractivity contribution is 0.332. The molecule has 0 amide bonds. The summed E-state index contributed by atoms with van der Waals surface area (Å²) in [6, 6.07) is 17.0. The van der Waals surface area contributed by atoms with Gasteiger partial charge in [0.1, 0.15) is 0 Å². The second-order valence-corrected chi connectivity index (χ2v) is 8.20. The Balaban J connectivity index is 1.36. The van der Waals surface area contributed by atoms with Gasteiger partial charge >= 0.3 is 0 Å². The molecule has 0 saturated heterocycles. The minimum atomic E-state index is 0.576. The van der Waals surface area contributed by atoms with Crippen molar-refractivity contribution in [2.45, 2.75) is 26.8 Å². The van der Waals surface area contributed by atoms with E-state index in [9.17, 15) is 0 Å². The maximum atomic E-state index is 5.06. The van der Waals surface area contributed by atoms with E-state index in [0.717, 1.165) is 30.8 Å². The summed E-state index contributed by atoms with van der Waals surface area (Å²) in [5.41, 5.74) is 7.74.